The van der Waals surface area contributed by atoms with E-state index in [4.69, 9.17) is 4.74 Å². The van der Waals surface area contributed by atoms with E-state index in [1.807, 2.05) is 31.2 Å². The molecule has 0 aliphatic carbocycles. The summed E-state index contributed by atoms with van der Waals surface area (Å²) in [7, 11) is 0. The van der Waals surface area contributed by atoms with Gasteiger partial charge in [0.15, 0.2) is 0 Å². The number of amides is 3. The highest BCUT2D eigenvalue weighted by molar-refractivity contribution is 5.96. The lowest BCUT2D eigenvalue weighted by atomic mass is 10.2. The molecule has 30 heavy (non-hydrogen) atoms. The number of nitrogens with zero attached hydrogens (tertiary/aromatic N) is 1. The highest BCUT2D eigenvalue weighted by atomic mass is 16.5. The number of hydrogen-bond acceptors (Lipinski definition) is 3. The molecule has 2 heterocycles. The van der Waals surface area contributed by atoms with E-state index in [9.17, 15) is 9.59 Å². The molecule has 0 saturated carbocycles. The van der Waals surface area contributed by atoms with Crippen molar-refractivity contribution in [2.75, 3.05) is 63.9 Å². The third-order valence-electron chi connectivity index (χ3n) is 6.08. The van der Waals surface area contributed by atoms with Gasteiger partial charge in [0, 0.05) is 31.6 Å². The van der Waals surface area contributed by atoms with Crippen LogP contribution in [0.1, 0.15) is 26.7 Å². The Morgan fingerprint density at radius 3 is 2.50 bits per heavy atom. The third kappa shape index (κ3) is 6.34. The Hall–Kier alpha value is -2.32. The monoisotopic (exact) mass is 419 g/mol. The number of benzene rings is 1. The molecule has 0 radical (unpaired) electrons. The van der Waals surface area contributed by atoms with Gasteiger partial charge in [0.25, 0.3) is 0 Å². The second-order valence-electron chi connectivity index (χ2n) is 8.19. The zero-order valence-electron chi connectivity index (χ0n) is 18.3. The number of quaternary nitrogens is 2. The largest absolute Gasteiger partial charge is 0.494 e. The van der Waals surface area contributed by atoms with E-state index in [-0.39, 0.29) is 18.0 Å². The molecule has 1 atom stereocenters. The second kappa shape index (κ2) is 11.2. The Morgan fingerprint density at radius 1 is 1.13 bits per heavy atom. The molecule has 8 nitrogen and oxygen atoms in total. The summed E-state index contributed by atoms with van der Waals surface area (Å²) in [6.45, 7) is 13.2. The molecule has 0 bridgehead atoms. The first kappa shape index (κ1) is 22.4. The van der Waals surface area contributed by atoms with Crippen LogP contribution in [-0.2, 0) is 4.79 Å². The van der Waals surface area contributed by atoms with Crippen molar-refractivity contribution in [1.82, 2.24) is 10.6 Å². The number of nitrogens with one attached hydrogen (secondary N) is 4. The Morgan fingerprint density at radius 2 is 1.83 bits per heavy atom. The van der Waals surface area contributed by atoms with Crippen LogP contribution >= 0.6 is 0 Å². The summed E-state index contributed by atoms with van der Waals surface area (Å²) in [5.41, 5.74) is 0.834. The molecule has 8 heteroatoms. The van der Waals surface area contributed by atoms with Crippen molar-refractivity contribution >= 4 is 17.6 Å². The van der Waals surface area contributed by atoms with Crippen molar-refractivity contribution in [1.29, 1.82) is 0 Å². The van der Waals surface area contributed by atoms with Crippen molar-refractivity contribution in [3.8, 4) is 5.75 Å². The van der Waals surface area contributed by atoms with Gasteiger partial charge in [0.2, 0.25) is 5.91 Å². The number of carbonyl (C=O) groups excluding carboxylic acids is 2. The topological polar surface area (TPSA) is 79.5 Å². The maximum Gasteiger partial charge on any atom is 0.315 e. The van der Waals surface area contributed by atoms with Gasteiger partial charge < -0.3 is 30.1 Å². The van der Waals surface area contributed by atoms with Crippen molar-refractivity contribution < 1.29 is 24.1 Å². The van der Waals surface area contributed by atoms with E-state index in [1.54, 1.807) is 14.7 Å². The van der Waals surface area contributed by atoms with Crippen molar-refractivity contribution in [2.24, 2.45) is 0 Å². The minimum absolute atomic E-state index is 0.0291. The third-order valence-corrected chi connectivity index (χ3v) is 6.08. The summed E-state index contributed by atoms with van der Waals surface area (Å²) >= 11 is 0. The van der Waals surface area contributed by atoms with Crippen LogP contribution in [0.2, 0.25) is 0 Å². The molecule has 1 aromatic rings. The van der Waals surface area contributed by atoms with Crippen LogP contribution in [-0.4, -0.2) is 76.9 Å². The Labute approximate surface area is 179 Å². The minimum atomic E-state index is -0.184. The number of anilines is 1. The first-order valence-corrected chi connectivity index (χ1v) is 11.3. The van der Waals surface area contributed by atoms with Gasteiger partial charge in [0.1, 0.15) is 31.9 Å². The summed E-state index contributed by atoms with van der Waals surface area (Å²) in [5.74, 6) is 0.818. The van der Waals surface area contributed by atoms with E-state index >= 15 is 0 Å². The van der Waals surface area contributed by atoms with Gasteiger partial charge in [-0.25, -0.2) is 4.79 Å². The summed E-state index contributed by atoms with van der Waals surface area (Å²) in [4.78, 5) is 29.7. The molecule has 2 aliphatic heterocycles. The highest BCUT2D eigenvalue weighted by Gasteiger charge is 2.31. The Bertz CT molecular complexity index is 689. The van der Waals surface area contributed by atoms with E-state index in [2.05, 4.69) is 17.6 Å². The summed E-state index contributed by atoms with van der Waals surface area (Å²) in [6.07, 6.45) is 1.31. The molecular weight excluding hydrogens is 382 g/mol. The molecule has 3 amide bonds. The predicted octanol–water partition coefficient (Wildman–Crippen LogP) is -1.32. The number of rotatable bonds is 9. The van der Waals surface area contributed by atoms with Gasteiger partial charge in [-0.2, -0.15) is 0 Å². The lowest BCUT2D eigenvalue weighted by Crippen LogP contribution is -3.28. The fourth-order valence-electron chi connectivity index (χ4n) is 4.28. The van der Waals surface area contributed by atoms with Crippen LogP contribution in [0.15, 0.2) is 24.3 Å². The maximum atomic E-state index is 12.4. The number of piperazine rings is 1. The van der Waals surface area contributed by atoms with E-state index in [0.29, 0.717) is 26.1 Å². The Balaban J connectivity index is 1.34. The van der Waals surface area contributed by atoms with E-state index in [0.717, 1.165) is 24.4 Å². The summed E-state index contributed by atoms with van der Waals surface area (Å²) < 4.78 is 5.45. The number of hydrogen-bond donors (Lipinski definition) is 4. The van der Waals surface area contributed by atoms with E-state index < -0.39 is 0 Å². The highest BCUT2D eigenvalue weighted by Crippen LogP contribution is 2.24. The van der Waals surface area contributed by atoms with Crippen LogP contribution in [0.3, 0.4) is 0 Å². The van der Waals surface area contributed by atoms with Crippen LogP contribution < -0.4 is 30.1 Å². The lowest BCUT2D eigenvalue weighted by Gasteiger charge is -2.29. The number of ether oxygens (including phenoxy) is 1. The number of likely N-dealkylation sites (N-methyl/N-ethyl adjacent to an activating group) is 1. The average Bonchev–Trinajstić information content (AvgIpc) is 3.12. The standard InChI is InChI=1S/C22H35N5O3/c1-3-25-12-14-26(15-13-25)11-5-10-23-22(29)24-18-16-21(28)27(17-18)19-6-8-20(9-7-19)30-4-2/h6-9,18H,3-5,10-17H2,1-2H3,(H2,23,24,29)/p+2/t18-/m1/s1. The lowest BCUT2D eigenvalue weighted by molar-refractivity contribution is -1.01. The molecule has 2 saturated heterocycles. The minimum Gasteiger partial charge on any atom is -0.494 e. The van der Waals surface area contributed by atoms with Crippen LogP contribution in [0.4, 0.5) is 10.5 Å². The fraction of sp³-hybridized carbons (Fsp3) is 0.636. The van der Waals surface area contributed by atoms with Gasteiger partial charge in [-0.15, -0.1) is 0 Å². The fourth-order valence-corrected chi connectivity index (χ4v) is 4.28. The average molecular weight is 420 g/mol. The van der Waals surface area contributed by atoms with Gasteiger partial charge in [-0.1, -0.05) is 0 Å². The van der Waals surface area contributed by atoms with Crippen LogP contribution in [0.25, 0.3) is 0 Å². The molecule has 0 unspecified atom stereocenters. The molecule has 2 fully saturated rings. The summed E-state index contributed by atoms with van der Waals surface area (Å²) in [5, 5.41) is 5.89. The SMILES string of the molecule is CCOc1ccc(N2C[C@H](NC(=O)NCCC[NH+]3CC[NH+](CC)CC3)CC2=O)cc1. The molecular formula is C22H37N5O3+2. The van der Waals surface area contributed by atoms with Gasteiger partial charge in [-0.05, 0) is 38.1 Å². The Kier molecular flexibility index (Phi) is 8.33. The zero-order valence-corrected chi connectivity index (χ0v) is 18.3. The van der Waals surface area contributed by atoms with Gasteiger partial charge in [0.05, 0.1) is 25.7 Å². The van der Waals surface area contributed by atoms with Crippen molar-refractivity contribution in [3.05, 3.63) is 24.3 Å². The first-order valence-electron chi connectivity index (χ1n) is 11.3. The molecule has 3 rings (SSSR count). The molecule has 0 aromatic heterocycles. The van der Waals surface area contributed by atoms with Gasteiger partial charge >= 0.3 is 6.03 Å². The zero-order chi connectivity index (χ0) is 21.3. The normalized spacial score (nSPS) is 24.0. The second-order valence-corrected chi connectivity index (χ2v) is 8.19. The number of urea groups is 1. The summed E-state index contributed by atoms with van der Waals surface area (Å²) in [6, 6.07) is 7.15. The first-order chi connectivity index (χ1) is 14.6. The van der Waals surface area contributed by atoms with Crippen LogP contribution in [0.5, 0.6) is 5.75 Å². The van der Waals surface area contributed by atoms with Crippen molar-refractivity contribution in [2.45, 2.75) is 32.7 Å². The molecule has 2 aliphatic rings. The molecule has 166 valence electrons. The number of carbonyl (C=O) groups is 2. The van der Waals surface area contributed by atoms with Crippen LogP contribution in [0, 0.1) is 0 Å². The van der Waals surface area contributed by atoms with E-state index in [1.165, 1.54) is 32.7 Å². The quantitative estimate of drug-likeness (QED) is 0.375. The smallest absolute Gasteiger partial charge is 0.315 e. The maximum absolute atomic E-state index is 12.4. The molecule has 4 N–H and O–H groups in total. The molecule has 0 spiro atoms. The van der Waals surface area contributed by atoms with Gasteiger partial charge in [-0.3, -0.25) is 4.79 Å². The molecule has 1 aromatic carbocycles. The van der Waals surface area contributed by atoms with Crippen molar-refractivity contribution in [3.63, 3.8) is 0 Å². The predicted molar refractivity (Wildman–Crippen MR) is 116 cm³/mol.